The molecule has 0 unspecified atom stereocenters. The van der Waals surface area contributed by atoms with Crippen LogP contribution in [-0.4, -0.2) is 42.6 Å². The third-order valence-electron chi connectivity index (χ3n) is 5.48. The lowest BCUT2D eigenvalue weighted by Gasteiger charge is -2.35. The van der Waals surface area contributed by atoms with E-state index in [2.05, 4.69) is 17.6 Å². The topological polar surface area (TPSA) is 44.4 Å². The van der Waals surface area contributed by atoms with Gasteiger partial charge in [0.1, 0.15) is 5.82 Å². The molecular weight excluding hydrogens is 305 g/mol. The van der Waals surface area contributed by atoms with Gasteiger partial charge in [-0.1, -0.05) is 19.1 Å². The van der Waals surface area contributed by atoms with E-state index in [1.807, 2.05) is 24.0 Å². The van der Waals surface area contributed by atoms with E-state index in [4.69, 9.17) is 0 Å². The molecule has 5 heteroatoms. The van der Waals surface area contributed by atoms with E-state index in [9.17, 15) is 9.18 Å². The second-order valence-corrected chi connectivity index (χ2v) is 7.60. The molecule has 0 radical (unpaired) electrons. The lowest BCUT2D eigenvalue weighted by atomic mass is 9.87. The highest BCUT2D eigenvalue weighted by Crippen LogP contribution is 2.29. The van der Waals surface area contributed by atoms with E-state index < -0.39 is 0 Å². The minimum atomic E-state index is -0.191. The summed E-state index contributed by atoms with van der Waals surface area (Å²) in [5.41, 5.74) is 1.20. The molecule has 2 saturated heterocycles. The molecule has 0 spiro atoms. The number of hydrogen-bond donors (Lipinski definition) is 2. The Morgan fingerprint density at radius 2 is 2.00 bits per heavy atom. The number of carbonyl (C=O) groups excluding carboxylic acids is 1. The Morgan fingerprint density at radius 3 is 2.58 bits per heavy atom. The van der Waals surface area contributed by atoms with Crippen LogP contribution in [0.15, 0.2) is 24.3 Å². The SMILES string of the molecule is C[C@@H](C[C@]1(C)CNCN1)C(=O)N1CCC(c2ccc(F)cc2)CC1. The molecule has 2 aliphatic heterocycles. The van der Waals surface area contributed by atoms with Crippen molar-refractivity contribution in [2.45, 2.75) is 44.6 Å². The van der Waals surface area contributed by atoms with Crippen LogP contribution >= 0.6 is 0 Å². The summed E-state index contributed by atoms with van der Waals surface area (Å²) in [6, 6.07) is 6.80. The van der Waals surface area contributed by atoms with Gasteiger partial charge in [-0.25, -0.2) is 4.39 Å². The zero-order valence-corrected chi connectivity index (χ0v) is 14.6. The molecule has 1 amide bonds. The predicted octanol–water partition coefficient (Wildman–Crippen LogP) is 2.47. The van der Waals surface area contributed by atoms with E-state index in [0.29, 0.717) is 5.92 Å². The zero-order chi connectivity index (χ0) is 17.2. The number of piperidine rings is 1. The first-order valence-electron chi connectivity index (χ1n) is 8.97. The van der Waals surface area contributed by atoms with Gasteiger partial charge < -0.3 is 10.2 Å². The summed E-state index contributed by atoms with van der Waals surface area (Å²) in [5.74, 6) is 0.541. The van der Waals surface area contributed by atoms with Gasteiger partial charge in [-0.15, -0.1) is 0 Å². The molecule has 0 aromatic heterocycles. The average Bonchev–Trinajstić information content (AvgIpc) is 3.01. The fraction of sp³-hybridized carbons (Fsp3) is 0.632. The summed E-state index contributed by atoms with van der Waals surface area (Å²) in [6.07, 6.45) is 2.78. The molecule has 3 rings (SSSR count). The Hall–Kier alpha value is -1.46. The van der Waals surface area contributed by atoms with Crippen LogP contribution in [0.3, 0.4) is 0 Å². The number of amides is 1. The molecule has 0 bridgehead atoms. The van der Waals surface area contributed by atoms with E-state index in [-0.39, 0.29) is 23.2 Å². The monoisotopic (exact) mass is 333 g/mol. The molecule has 2 aliphatic rings. The highest BCUT2D eigenvalue weighted by atomic mass is 19.1. The van der Waals surface area contributed by atoms with Crippen LogP contribution in [-0.2, 0) is 4.79 Å². The van der Waals surface area contributed by atoms with Crippen molar-refractivity contribution in [2.75, 3.05) is 26.3 Å². The standard InChI is InChI=1S/C19H28FN3O/c1-14(11-19(2)12-21-13-22-19)18(24)23-9-7-16(8-10-23)15-3-5-17(20)6-4-15/h3-6,14,16,21-22H,7-13H2,1-2H3/t14-,19+/m0/s1. The number of likely N-dealkylation sites (tertiary alicyclic amines) is 1. The van der Waals surface area contributed by atoms with Gasteiger partial charge in [0.15, 0.2) is 0 Å². The predicted molar refractivity (Wildman–Crippen MR) is 93.1 cm³/mol. The van der Waals surface area contributed by atoms with Gasteiger partial charge in [-0.2, -0.15) is 0 Å². The molecule has 0 aliphatic carbocycles. The van der Waals surface area contributed by atoms with E-state index in [1.165, 1.54) is 17.7 Å². The van der Waals surface area contributed by atoms with Crippen molar-refractivity contribution in [1.82, 2.24) is 15.5 Å². The van der Waals surface area contributed by atoms with Gasteiger partial charge in [0.25, 0.3) is 0 Å². The van der Waals surface area contributed by atoms with Gasteiger partial charge >= 0.3 is 0 Å². The van der Waals surface area contributed by atoms with Crippen LogP contribution in [0.4, 0.5) is 4.39 Å². The summed E-state index contributed by atoms with van der Waals surface area (Å²) < 4.78 is 13.0. The Labute approximate surface area is 143 Å². The Balaban J connectivity index is 1.52. The quantitative estimate of drug-likeness (QED) is 0.890. The molecule has 4 nitrogen and oxygen atoms in total. The summed E-state index contributed by atoms with van der Waals surface area (Å²) >= 11 is 0. The van der Waals surface area contributed by atoms with Gasteiger partial charge in [0.05, 0.1) is 0 Å². The van der Waals surface area contributed by atoms with Gasteiger partial charge in [-0.05, 0) is 49.8 Å². The maximum absolute atomic E-state index is 13.0. The summed E-state index contributed by atoms with van der Waals surface area (Å²) in [4.78, 5) is 14.8. The highest BCUT2D eigenvalue weighted by Gasteiger charge is 2.34. The lowest BCUT2D eigenvalue weighted by Crippen LogP contribution is -2.46. The fourth-order valence-electron chi connectivity index (χ4n) is 4.06. The van der Waals surface area contributed by atoms with Crippen molar-refractivity contribution in [3.8, 4) is 0 Å². The minimum Gasteiger partial charge on any atom is -0.342 e. The Kier molecular flexibility index (Phi) is 5.21. The number of nitrogens with one attached hydrogen (secondary N) is 2. The van der Waals surface area contributed by atoms with E-state index in [0.717, 1.165) is 45.6 Å². The molecule has 132 valence electrons. The van der Waals surface area contributed by atoms with Crippen molar-refractivity contribution in [3.63, 3.8) is 0 Å². The number of hydrogen-bond acceptors (Lipinski definition) is 3. The molecule has 2 N–H and O–H groups in total. The first-order chi connectivity index (χ1) is 11.5. The molecule has 2 fully saturated rings. The molecule has 2 heterocycles. The van der Waals surface area contributed by atoms with Crippen molar-refractivity contribution >= 4 is 5.91 Å². The van der Waals surface area contributed by atoms with Crippen LogP contribution in [0.5, 0.6) is 0 Å². The second-order valence-electron chi connectivity index (χ2n) is 7.60. The van der Waals surface area contributed by atoms with E-state index >= 15 is 0 Å². The normalized spacial score (nSPS) is 26.5. The summed E-state index contributed by atoms with van der Waals surface area (Å²) in [7, 11) is 0. The maximum Gasteiger partial charge on any atom is 0.225 e. The lowest BCUT2D eigenvalue weighted by molar-refractivity contribution is -0.136. The number of benzene rings is 1. The number of carbonyl (C=O) groups is 1. The molecule has 0 saturated carbocycles. The van der Waals surface area contributed by atoms with Crippen LogP contribution in [0.1, 0.15) is 44.6 Å². The summed E-state index contributed by atoms with van der Waals surface area (Å²) in [6.45, 7) is 7.55. The van der Waals surface area contributed by atoms with Gasteiger partial charge in [0, 0.05) is 37.8 Å². The van der Waals surface area contributed by atoms with Crippen molar-refractivity contribution in [2.24, 2.45) is 5.92 Å². The molecule has 1 aromatic rings. The zero-order valence-electron chi connectivity index (χ0n) is 14.6. The first-order valence-corrected chi connectivity index (χ1v) is 8.97. The molecule has 2 atom stereocenters. The van der Waals surface area contributed by atoms with Crippen LogP contribution in [0.2, 0.25) is 0 Å². The molecule has 1 aromatic carbocycles. The molecular formula is C19H28FN3O. The smallest absolute Gasteiger partial charge is 0.225 e. The van der Waals surface area contributed by atoms with Gasteiger partial charge in [0.2, 0.25) is 5.91 Å². The molecule has 24 heavy (non-hydrogen) atoms. The Bertz CT molecular complexity index is 560. The minimum absolute atomic E-state index is 0.0154. The third kappa shape index (κ3) is 3.95. The van der Waals surface area contributed by atoms with Crippen LogP contribution in [0.25, 0.3) is 0 Å². The van der Waals surface area contributed by atoms with Crippen molar-refractivity contribution in [1.29, 1.82) is 0 Å². The summed E-state index contributed by atoms with van der Waals surface area (Å²) in [5, 5.41) is 6.74. The van der Waals surface area contributed by atoms with Crippen LogP contribution in [0, 0.1) is 11.7 Å². The average molecular weight is 333 g/mol. The first kappa shape index (κ1) is 17.4. The van der Waals surface area contributed by atoms with Crippen LogP contribution < -0.4 is 10.6 Å². The number of nitrogens with zero attached hydrogens (tertiary/aromatic N) is 1. The number of halogens is 1. The third-order valence-corrected chi connectivity index (χ3v) is 5.48. The highest BCUT2D eigenvalue weighted by molar-refractivity contribution is 5.78. The number of rotatable bonds is 4. The maximum atomic E-state index is 13.0. The second kappa shape index (κ2) is 7.19. The fourth-order valence-corrected chi connectivity index (χ4v) is 4.06. The van der Waals surface area contributed by atoms with Gasteiger partial charge in [-0.3, -0.25) is 10.1 Å². The van der Waals surface area contributed by atoms with E-state index in [1.54, 1.807) is 0 Å². The van der Waals surface area contributed by atoms with Crippen molar-refractivity contribution in [3.05, 3.63) is 35.6 Å². The Morgan fingerprint density at radius 1 is 1.33 bits per heavy atom. The largest absolute Gasteiger partial charge is 0.342 e. The van der Waals surface area contributed by atoms with Crippen molar-refractivity contribution < 1.29 is 9.18 Å².